The lowest BCUT2D eigenvalue weighted by atomic mass is 10.2. The Labute approximate surface area is 164 Å². The average Bonchev–Trinajstić information content (AvgIpc) is 2.74. The number of benzene rings is 1. The van der Waals surface area contributed by atoms with E-state index in [1.165, 1.54) is 0 Å². The topological polar surface area (TPSA) is 67.2 Å². The van der Waals surface area contributed by atoms with Crippen molar-refractivity contribution >= 4 is 17.0 Å². The molecular weight excluding hydrogens is 352 g/mol. The molecule has 4 rings (SSSR count). The monoisotopic (exact) mass is 378 g/mol. The first-order valence-corrected chi connectivity index (χ1v) is 9.93. The van der Waals surface area contributed by atoms with Crippen LogP contribution in [0.25, 0.3) is 11.0 Å². The molecule has 1 aliphatic heterocycles. The summed E-state index contributed by atoms with van der Waals surface area (Å²) in [5.41, 5.74) is 2.40. The lowest BCUT2D eigenvalue weighted by molar-refractivity contribution is 0.250. The molecule has 0 spiro atoms. The molecule has 0 bridgehead atoms. The van der Waals surface area contributed by atoms with Crippen molar-refractivity contribution in [1.29, 1.82) is 0 Å². The summed E-state index contributed by atoms with van der Waals surface area (Å²) in [6.07, 6.45) is 5.64. The third kappa shape index (κ3) is 4.04. The molecule has 3 heterocycles. The Balaban J connectivity index is 1.29. The van der Waals surface area contributed by atoms with Crippen molar-refractivity contribution in [3.63, 3.8) is 0 Å². The van der Waals surface area contributed by atoms with E-state index in [0.717, 1.165) is 69.1 Å². The van der Waals surface area contributed by atoms with Gasteiger partial charge in [0.05, 0.1) is 11.0 Å². The van der Waals surface area contributed by atoms with E-state index >= 15 is 0 Å². The molecule has 0 amide bonds. The number of para-hydroxylation sites is 2. The molecule has 7 heteroatoms. The quantitative estimate of drug-likeness (QED) is 0.612. The highest BCUT2D eigenvalue weighted by molar-refractivity contribution is 5.74. The van der Waals surface area contributed by atoms with Crippen LogP contribution in [0.5, 0.6) is 0 Å². The van der Waals surface area contributed by atoms with E-state index < -0.39 is 0 Å². The van der Waals surface area contributed by atoms with Crippen LogP contribution >= 0.6 is 0 Å². The Bertz CT molecular complexity index is 979. The maximum Gasteiger partial charge on any atom is 0.272 e. The van der Waals surface area contributed by atoms with Gasteiger partial charge in [-0.05, 0) is 44.5 Å². The van der Waals surface area contributed by atoms with Crippen LogP contribution in [0.3, 0.4) is 0 Å². The van der Waals surface area contributed by atoms with E-state index in [1.54, 1.807) is 19.3 Å². The molecule has 7 nitrogen and oxygen atoms in total. The summed E-state index contributed by atoms with van der Waals surface area (Å²) < 4.78 is 1.88. The van der Waals surface area contributed by atoms with Crippen LogP contribution in [0.15, 0.2) is 47.5 Å². The van der Waals surface area contributed by atoms with E-state index in [9.17, 15) is 4.79 Å². The van der Waals surface area contributed by atoms with Gasteiger partial charge in [0.25, 0.3) is 5.56 Å². The van der Waals surface area contributed by atoms with Crippen LogP contribution in [-0.4, -0.2) is 57.1 Å². The van der Waals surface area contributed by atoms with Gasteiger partial charge in [0.2, 0.25) is 5.95 Å². The molecule has 0 saturated carbocycles. The number of rotatable bonds is 6. The molecule has 1 aromatic carbocycles. The maximum absolute atomic E-state index is 12.5. The third-order valence-electron chi connectivity index (χ3n) is 5.33. The standard InChI is InChI=1S/C21H26N6O/c1-17-20(28)27(19-8-3-2-7-18(19)24-17)12-5-4-11-25-13-15-26(16-14-25)21-22-9-6-10-23-21/h2-3,6-10H,4-5,11-16H2,1H3. The molecular formula is C21H26N6O. The van der Waals surface area contributed by atoms with Crippen molar-refractivity contribution in [2.24, 2.45) is 0 Å². The van der Waals surface area contributed by atoms with Gasteiger partial charge in [0.15, 0.2) is 0 Å². The smallest absolute Gasteiger partial charge is 0.272 e. The zero-order valence-electron chi connectivity index (χ0n) is 16.3. The number of nitrogens with zero attached hydrogens (tertiary/aromatic N) is 6. The van der Waals surface area contributed by atoms with Gasteiger partial charge in [-0.15, -0.1) is 0 Å². The predicted molar refractivity (Wildman–Crippen MR) is 111 cm³/mol. The van der Waals surface area contributed by atoms with Gasteiger partial charge in [-0.25, -0.2) is 15.0 Å². The van der Waals surface area contributed by atoms with Crippen LogP contribution in [0, 0.1) is 6.92 Å². The molecule has 1 fully saturated rings. The molecule has 1 saturated heterocycles. The van der Waals surface area contributed by atoms with Gasteiger partial charge in [-0.2, -0.15) is 0 Å². The average molecular weight is 378 g/mol. The largest absolute Gasteiger partial charge is 0.338 e. The highest BCUT2D eigenvalue weighted by atomic mass is 16.1. The molecule has 0 aliphatic carbocycles. The summed E-state index contributed by atoms with van der Waals surface area (Å²) >= 11 is 0. The zero-order chi connectivity index (χ0) is 19.3. The summed E-state index contributed by atoms with van der Waals surface area (Å²) in [5, 5.41) is 0. The maximum atomic E-state index is 12.5. The van der Waals surface area contributed by atoms with Gasteiger partial charge < -0.3 is 9.47 Å². The van der Waals surface area contributed by atoms with E-state index in [-0.39, 0.29) is 5.56 Å². The first-order valence-electron chi connectivity index (χ1n) is 9.93. The molecule has 3 aromatic rings. The second kappa shape index (κ2) is 8.48. The molecule has 1 aliphatic rings. The third-order valence-corrected chi connectivity index (χ3v) is 5.33. The Morgan fingerprint density at radius 2 is 1.64 bits per heavy atom. The highest BCUT2D eigenvalue weighted by Gasteiger charge is 2.18. The fraction of sp³-hybridized carbons (Fsp3) is 0.429. The van der Waals surface area contributed by atoms with E-state index in [1.807, 2.05) is 34.9 Å². The van der Waals surface area contributed by atoms with Crippen molar-refractivity contribution in [2.45, 2.75) is 26.3 Å². The van der Waals surface area contributed by atoms with Crippen molar-refractivity contribution in [2.75, 3.05) is 37.6 Å². The Hall–Kier alpha value is -2.80. The highest BCUT2D eigenvalue weighted by Crippen LogP contribution is 2.12. The predicted octanol–water partition coefficient (Wildman–Crippen LogP) is 2.10. The van der Waals surface area contributed by atoms with Crippen molar-refractivity contribution in [3.8, 4) is 0 Å². The van der Waals surface area contributed by atoms with E-state index in [0.29, 0.717) is 5.69 Å². The molecule has 0 radical (unpaired) electrons. The van der Waals surface area contributed by atoms with Gasteiger partial charge >= 0.3 is 0 Å². The molecule has 146 valence electrons. The van der Waals surface area contributed by atoms with Crippen molar-refractivity contribution in [1.82, 2.24) is 24.4 Å². The van der Waals surface area contributed by atoms with E-state index in [4.69, 9.17) is 0 Å². The molecule has 0 unspecified atom stereocenters. The SMILES string of the molecule is Cc1nc2ccccc2n(CCCCN2CCN(c3ncccn3)CC2)c1=O. The molecule has 28 heavy (non-hydrogen) atoms. The van der Waals surface area contributed by atoms with Crippen LogP contribution in [-0.2, 0) is 6.54 Å². The summed E-state index contributed by atoms with van der Waals surface area (Å²) in [7, 11) is 0. The number of fused-ring (bicyclic) bond motifs is 1. The minimum atomic E-state index is 0.0233. The number of anilines is 1. The lowest BCUT2D eigenvalue weighted by Gasteiger charge is -2.34. The minimum absolute atomic E-state index is 0.0233. The lowest BCUT2D eigenvalue weighted by Crippen LogP contribution is -2.47. The fourth-order valence-electron chi connectivity index (χ4n) is 3.77. The number of hydrogen-bond acceptors (Lipinski definition) is 6. The van der Waals surface area contributed by atoms with Crippen LogP contribution in [0.4, 0.5) is 5.95 Å². The Kier molecular flexibility index (Phi) is 5.62. The van der Waals surface area contributed by atoms with E-state index in [2.05, 4.69) is 24.8 Å². The summed E-state index contributed by atoms with van der Waals surface area (Å²) in [6.45, 7) is 7.54. The Morgan fingerprint density at radius 3 is 2.43 bits per heavy atom. The van der Waals surface area contributed by atoms with Crippen LogP contribution in [0.2, 0.25) is 0 Å². The number of aromatic nitrogens is 4. The summed E-state index contributed by atoms with van der Waals surface area (Å²) in [6, 6.07) is 9.72. The van der Waals surface area contributed by atoms with Gasteiger partial charge in [-0.3, -0.25) is 9.69 Å². The number of piperazine rings is 1. The fourth-order valence-corrected chi connectivity index (χ4v) is 3.77. The first kappa shape index (κ1) is 18.6. The van der Waals surface area contributed by atoms with Gasteiger partial charge in [0.1, 0.15) is 5.69 Å². The minimum Gasteiger partial charge on any atom is -0.338 e. The van der Waals surface area contributed by atoms with Crippen LogP contribution < -0.4 is 10.5 Å². The summed E-state index contributed by atoms with van der Waals surface area (Å²) in [4.78, 5) is 30.3. The molecule has 0 N–H and O–H groups in total. The first-order chi connectivity index (χ1) is 13.7. The van der Waals surface area contributed by atoms with Crippen LogP contribution in [0.1, 0.15) is 18.5 Å². The number of unbranched alkanes of at least 4 members (excludes halogenated alkanes) is 1. The van der Waals surface area contributed by atoms with Gasteiger partial charge in [-0.1, -0.05) is 12.1 Å². The van der Waals surface area contributed by atoms with Gasteiger partial charge in [0, 0.05) is 45.1 Å². The number of aryl methyl sites for hydroxylation is 2. The second-order valence-electron chi connectivity index (χ2n) is 7.23. The van der Waals surface area contributed by atoms with Crippen molar-refractivity contribution < 1.29 is 0 Å². The molecule has 0 atom stereocenters. The Morgan fingerprint density at radius 1 is 0.929 bits per heavy atom. The zero-order valence-corrected chi connectivity index (χ0v) is 16.3. The number of hydrogen-bond donors (Lipinski definition) is 0. The summed E-state index contributed by atoms with van der Waals surface area (Å²) in [5.74, 6) is 0.821. The molecule has 2 aromatic heterocycles. The second-order valence-corrected chi connectivity index (χ2v) is 7.23. The van der Waals surface area contributed by atoms with Crippen molar-refractivity contribution in [3.05, 3.63) is 58.8 Å². The normalized spacial score (nSPS) is 15.2.